The Morgan fingerprint density at radius 3 is 3.07 bits per heavy atom. The zero-order valence-electron chi connectivity index (χ0n) is 7.98. The molecule has 2 aliphatic rings. The smallest absolute Gasteiger partial charge is 0.217 e. The fourth-order valence-corrected chi connectivity index (χ4v) is 2.16. The predicted molar refractivity (Wildman–Crippen MR) is 47.7 cm³/mol. The van der Waals surface area contributed by atoms with Gasteiger partial charge < -0.3 is 24.3 Å². The largest absolute Gasteiger partial charge is 0.362 e. The Balaban J connectivity index is 1.91. The van der Waals surface area contributed by atoms with E-state index in [-0.39, 0.29) is 18.6 Å². The molecule has 3 unspecified atom stereocenters. The Morgan fingerprint density at radius 1 is 1.47 bits per heavy atom. The van der Waals surface area contributed by atoms with E-state index < -0.39 is 12.1 Å². The van der Waals surface area contributed by atoms with E-state index in [1.807, 2.05) is 4.57 Å². The van der Waals surface area contributed by atoms with E-state index in [4.69, 9.17) is 9.47 Å². The molecule has 0 saturated carbocycles. The van der Waals surface area contributed by atoms with Crippen molar-refractivity contribution < 1.29 is 19.7 Å². The third-order valence-corrected chi connectivity index (χ3v) is 2.93. The number of fused-ring (bicyclic) bond motifs is 2. The summed E-state index contributed by atoms with van der Waals surface area (Å²) in [6.45, 7) is 0.385. The van der Waals surface area contributed by atoms with Crippen LogP contribution in [-0.2, 0) is 9.47 Å². The summed E-state index contributed by atoms with van der Waals surface area (Å²) in [5.41, 5.74) is 0. The van der Waals surface area contributed by atoms with Crippen molar-refractivity contribution >= 4 is 0 Å². The molecule has 2 bridgehead atoms. The fourth-order valence-electron chi connectivity index (χ4n) is 2.16. The molecule has 15 heavy (non-hydrogen) atoms. The lowest BCUT2D eigenvalue weighted by Gasteiger charge is -2.36. The van der Waals surface area contributed by atoms with E-state index in [0.717, 1.165) is 0 Å². The van der Waals surface area contributed by atoms with Gasteiger partial charge in [0.25, 0.3) is 0 Å². The number of hydrogen-bond acceptors (Lipinski definition) is 5. The van der Waals surface area contributed by atoms with Gasteiger partial charge in [0.05, 0.1) is 19.0 Å². The lowest BCUT2D eigenvalue weighted by Crippen LogP contribution is -2.50. The van der Waals surface area contributed by atoms with Crippen LogP contribution in [0.2, 0.25) is 0 Å². The van der Waals surface area contributed by atoms with Crippen LogP contribution in [0.3, 0.4) is 0 Å². The Bertz CT molecular complexity index is 351. The van der Waals surface area contributed by atoms with Crippen molar-refractivity contribution in [1.29, 1.82) is 0 Å². The van der Waals surface area contributed by atoms with Gasteiger partial charge in [-0.2, -0.15) is 0 Å². The number of aliphatic hydroxyl groups is 2. The first kappa shape index (κ1) is 9.29. The molecule has 0 amide bonds. The topological polar surface area (TPSA) is 76.7 Å². The minimum atomic E-state index is -1.91. The van der Waals surface area contributed by atoms with E-state index in [1.165, 1.54) is 0 Å². The highest BCUT2D eigenvalue weighted by Crippen LogP contribution is 2.39. The van der Waals surface area contributed by atoms with E-state index in [1.54, 1.807) is 18.7 Å². The molecule has 0 radical (unpaired) electrons. The lowest BCUT2D eigenvalue weighted by molar-refractivity contribution is -0.315. The van der Waals surface area contributed by atoms with Gasteiger partial charge in [0.15, 0.2) is 0 Å². The van der Waals surface area contributed by atoms with Crippen molar-refractivity contribution in [2.24, 2.45) is 0 Å². The van der Waals surface area contributed by atoms with Crippen LogP contribution in [0, 0.1) is 0 Å². The summed E-state index contributed by atoms with van der Waals surface area (Å²) in [5, 5.41) is 19.4. The first-order valence-electron chi connectivity index (χ1n) is 4.86. The van der Waals surface area contributed by atoms with Gasteiger partial charge in [-0.25, -0.2) is 4.98 Å². The van der Waals surface area contributed by atoms with Crippen molar-refractivity contribution in [3.63, 3.8) is 0 Å². The summed E-state index contributed by atoms with van der Waals surface area (Å²) >= 11 is 0. The Kier molecular flexibility index (Phi) is 1.87. The maximum Gasteiger partial charge on any atom is 0.217 e. The third-order valence-electron chi connectivity index (χ3n) is 2.93. The van der Waals surface area contributed by atoms with Crippen molar-refractivity contribution in [3.05, 3.63) is 18.7 Å². The molecular formula is C9H12N2O4. The normalized spacial score (nSPS) is 38.1. The van der Waals surface area contributed by atoms with Crippen molar-refractivity contribution in [2.45, 2.75) is 30.6 Å². The van der Waals surface area contributed by atoms with Crippen molar-refractivity contribution in [3.8, 4) is 0 Å². The second-order valence-corrected chi connectivity index (χ2v) is 4.00. The SMILES string of the molecule is OC1(O)CC(n2ccnc2)C2COC1O2. The number of aromatic nitrogens is 2. The van der Waals surface area contributed by atoms with Gasteiger partial charge in [-0.15, -0.1) is 0 Å². The molecule has 1 aromatic rings. The van der Waals surface area contributed by atoms with Gasteiger partial charge in [0, 0.05) is 18.8 Å². The van der Waals surface area contributed by atoms with Crippen LogP contribution in [0.1, 0.15) is 12.5 Å². The Hall–Kier alpha value is -0.950. The van der Waals surface area contributed by atoms with Gasteiger partial charge in [-0.05, 0) is 0 Å². The van der Waals surface area contributed by atoms with E-state index >= 15 is 0 Å². The molecular weight excluding hydrogens is 200 g/mol. The summed E-state index contributed by atoms with van der Waals surface area (Å²) in [6.07, 6.45) is 4.22. The number of hydrogen-bond donors (Lipinski definition) is 2. The molecule has 0 spiro atoms. The standard InChI is InChI=1S/C9H12N2O4/c12-9(13)3-6(11-2-1-10-5-11)7-4-14-8(9)15-7/h1-2,5-8,12-13H,3-4H2. The second kappa shape index (κ2) is 3.02. The molecule has 0 aliphatic carbocycles. The van der Waals surface area contributed by atoms with Gasteiger partial charge >= 0.3 is 0 Å². The van der Waals surface area contributed by atoms with Gasteiger partial charge in [0.1, 0.15) is 6.10 Å². The molecule has 6 nitrogen and oxygen atoms in total. The minimum absolute atomic E-state index is 0.128. The number of ether oxygens (including phenoxy) is 2. The number of rotatable bonds is 1. The van der Waals surface area contributed by atoms with E-state index in [2.05, 4.69) is 4.98 Å². The first-order valence-corrected chi connectivity index (χ1v) is 4.86. The zero-order chi connectivity index (χ0) is 10.5. The summed E-state index contributed by atoms with van der Waals surface area (Å²) in [7, 11) is 0. The van der Waals surface area contributed by atoms with Crippen LogP contribution in [0.15, 0.2) is 18.7 Å². The number of imidazole rings is 1. The van der Waals surface area contributed by atoms with Crippen LogP contribution in [0.5, 0.6) is 0 Å². The summed E-state index contributed by atoms with van der Waals surface area (Å²) in [6, 6.07) is -0.138. The van der Waals surface area contributed by atoms with Gasteiger partial charge in [-0.1, -0.05) is 0 Å². The summed E-state index contributed by atoms with van der Waals surface area (Å²) in [5.74, 6) is -1.91. The molecule has 2 N–H and O–H groups in total. The monoisotopic (exact) mass is 212 g/mol. The average molecular weight is 212 g/mol. The molecule has 3 heterocycles. The van der Waals surface area contributed by atoms with Crippen LogP contribution in [0.4, 0.5) is 0 Å². The van der Waals surface area contributed by atoms with Crippen LogP contribution >= 0.6 is 0 Å². The Labute approximate surface area is 86.1 Å². The summed E-state index contributed by atoms with van der Waals surface area (Å²) in [4.78, 5) is 3.93. The quantitative estimate of drug-likeness (QED) is 0.599. The highest BCUT2D eigenvalue weighted by molar-refractivity contribution is 4.95. The minimum Gasteiger partial charge on any atom is -0.362 e. The van der Waals surface area contributed by atoms with Gasteiger partial charge in [-0.3, -0.25) is 0 Å². The molecule has 2 aliphatic heterocycles. The molecule has 3 rings (SSSR count). The maximum atomic E-state index is 9.70. The van der Waals surface area contributed by atoms with Gasteiger partial charge in [0.2, 0.25) is 12.1 Å². The highest BCUT2D eigenvalue weighted by atomic mass is 16.8. The molecule has 2 saturated heterocycles. The lowest BCUT2D eigenvalue weighted by atomic mass is 9.99. The first-order chi connectivity index (χ1) is 7.17. The molecule has 0 aromatic carbocycles. The second-order valence-electron chi connectivity index (χ2n) is 4.00. The highest BCUT2D eigenvalue weighted by Gasteiger charge is 2.52. The van der Waals surface area contributed by atoms with E-state index in [0.29, 0.717) is 6.61 Å². The maximum absolute atomic E-state index is 9.70. The summed E-state index contributed by atoms with van der Waals surface area (Å²) < 4.78 is 12.4. The molecule has 82 valence electrons. The molecule has 3 atom stereocenters. The third kappa shape index (κ3) is 1.37. The fraction of sp³-hybridized carbons (Fsp3) is 0.667. The van der Waals surface area contributed by atoms with Crippen LogP contribution < -0.4 is 0 Å². The average Bonchev–Trinajstić information content (AvgIpc) is 2.84. The Morgan fingerprint density at radius 2 is 2.33 bits per heavy atom. The molecule has 1 aromatic heterocycles. The zero-order valence-corrected chi connectivity index (χ0v) is 7.98. The van der Waals surface area contributed by atoms with Crippen LogP contribution in [0.25, 0.3) is 0 Å². The predicted octanol–water partition coefficient (Wildman–Crippen LogP) is -0.750. The number of nitrogens with zero attached hydrogens (tertiary/aromatic N) is 2. The molecule has 2 fully saturated rings. The van der Waals surface area contributed by atoms with Crippen molar-refractivity contribution in [1.82, 2.24) is 9.55 Å². The van der Waals surface area contributed by atoms with Crippen LogP contribution in [-0.4, -0.2) is 44.6 Å². The van der Waals surface area contributed by atoms with Crippen molar-refractivity contribution in [2.75, 3.05) is 6.61 Å². The molecule has 6 heteroatoms. The van der Waals surface area contributed by atoms with E-state index in [9.17, 15) is 10.2 Å².